The molecule has 1 heterocycles. The zero-order valence-corrected chi connectivity index (χ0v) is 20.8. The van der Waals surface area contributed by atoms with E-state index in [1.54, 1.807) is 23.1 Å². The summed E-state index contributed by atoms with van der Waals surface area (Å²) in [5.41, 5.74) is 0.829. The second-order valence-electron chi connectivity index (χ2n) is 6.99. The summed E-state index contributed by atoms with van der Waals surface area (Å²) in [6, 6.07) is 10.7. The van der Waals surface area contributed by atoms with E-state index in [0.29, 0.717) is 34.1 Å². The average Bonchev–Trinajstić information content (AvgIpc) is 3.19. The number of thiazole rings is 1. The molecule has 3 aromatic rings. The Morgan fingerprint density at radius 3 is 2.50 bits per heavy atom. The number of nitrogens with zero attached hydrogens (tertiary/aromatic N) is 3. The number of ether oxygens (including phenoxy) is 2. The first-order chi connectivity index (χ1) is 15.4. The highest BCUT2D eigenvalue weighted by Crippen LogP contribution is 2.32. The van der Waals surface area contributed by atoms with Crippen LogP contribution in [0, 0.1) is 0 Å². The minimum Gasteiger partial charge on any atom is -0.494 e. The lowest BCUT2D eigenvalue weighted by Crippen LogP contribution is -2.41. The molecule has 32 heavy (non-hydrogen) atoms. The normalized spacial score (nSPS) is 11.2. The molecule has 0 aliphatic heterocycles. The van der Waals surface area contributed by atoms with Gasteiger partial charge in [0.2, 0.25) is 0 Å². The molecule has 3 rings (SSSR count). The zero-order chi connectivity index (χ0) is 23.1. The Labute approximate surface area is 202 Å². The topological polar surface area (TPSA) is 54.9 Å². The van der Waals surface area contributed by atoms with Crippen LogP contribution in [0.25, 0.3) is 10.2 Å². The number of amides is 1. The summed E-state index contributed by atoms with van der Waals surface area (Å²) in [4.78, 5) is 21.8. The first-order valence-corrected chi connectivity index (χ1v) is 12.2. The van der Waals surface area contributed by atoms with Gasteiger partial charge in [-0.1, -0.05) is 48.4 Å². The summed E-state index contributed by atoms with van der Waals surface area (Å²) < 4.78 is 12.3. The molecule has 0 bridgehead atoms. The highest BCUT2D eigenvalue weighted by Gasteiger charge is 2.21. The van der Waals surface area contributed by atoms with Crippen LogP contribution in [0.3, 0.4) is 0 Å². The molecule has 0 aliphatic carbocycles. The fraction of sp³-hybridized carbons (Fsp3) is 0.391. The van der Waals surface area contributed by atoms with Crippen LogP contribution in [0.15, 0.2) is 36.4 Å². The number of carbonyl (C=O) groups is 1. The third-order valence-corrected chi connectivity index (χ3v) is 6.54. The number of benzene rings is 2. The van der Waals surface area contributed by atoms with Gasteiger partial charge in [0.25, 0.3) is 5.91 Å². The number of likely N-dealkylation sites (N-methyl/N-ethyl adjacent to an activating group) is 1. The molecule has 0 aliphatic rings. The number of halogens is 2. The molecule has 2 aromatic carbocycles. The summed E-state index contributed by atoms with van der Waals surface area (Å²) >= 11 is 13.6. The molecule has 9 heteroatoms. The minimum atomic E-state index is -0.188. The lowest BCUT2D eigenvalue weighted by atomic mass is 10.3. The zero-order valence-electron chi connectivity index (χ0n) is 18.4. The van der Waals surface area contributed by atoms with Crippen LogP contribution in [-0.4, -0.2) is 55.2 Å². The summed E-state index contributed by atoms with van der Waals surface area (Å²) in [7, 11) is 0. The van der Waals surface area contributed by atoms with E-state index < -0.39 is 0 Å². The third-order valence-electron chi connectivity index (χ3n) is 4.97. The molecule has 0 spiro atoms. The van der Waals surface area contributed by atoms with Crippen LogP contribution in [0.5, 0.6) is 11.5 Å². The molecular formula is C23H27Cl2N3O3S. The van der Waals surface area contributed by atoms with E-state index >= 15 is 0 Å². The van der Waals surface area contributed by atoms with Crippen molar-refractivity contribution in [3.63, 3.8) is 0 Å². The fourth-order valence-electron chi connectivity index (χ4n) is 3.18. The van der Waals surface area contributed by atoms with Crippen molar-refractivity contribution in [3.8, 4) is 11.5 Å². The second-order valence-corrected chi connectivity index (χ2v) is 8.85. The summed E-state index contributed by atoms with van der Waals surface area (Å²) in [6.07, 6.45) is 0. The van der Waals surface area contributed by atoms with E-state index in [0.717, 1.165) is 35.6 Å². The lowest BCUT2D eigenvalue weighted by Gasteiger charge is -2.24. The summed E-state index contributed by atoms with van der Waals surface area (Å²) in [5.74, 6) is 1.02. The number of carbonyl (C=O) groups excluding carboxylic acids is 1. The van der Waals surface area contributed by atoms with Crippen molar-refractivity contribution in [2.45, 2.75) is 20.8 Å². The fourth-order valence-corrected chi connectivity index (χ4v) is 4.68. The largest absolute Gasteiger partial charge is 0.494 e. The minimum absolute atomic E-state index is 0.153. The molecule has 172 valence electrons. The van der Waals surface area contributed by atoms with E-state index in [-0.39, 0.29) is 12.5 Å². The van der Waals surface area contributed by atoms with Crippen molar-refractivity contribution in [3.05, 3.63) is 46.4 Å². The van der Waals surface area contributed by atoms with E-state index in [1.807, 2.05) is 25.1 Å². The van der Waals surface area contributed by atoms with Gasteiger partial charge in [0.1, 0.15) is 11.5 Å². The molecule has 0 atom stereocenters. The predicted octanol–water partition coefficient (Wildman–Crippen LogP) is 5.76. The highest BCUT2D eigenvalue weighted by atomic mass is 35.5. The maximum atomic E-state index is 13.2. The molecular weight excluding hydrogens is 469 g/mol. The van der Waals surface area contributed by atoms with Gasteiger partial charge in [0.15, 0.2) is 11.7 Å². The number of anilines is 1. The van der Waals surface area contributed by atoms with Gasteiger partial charge in [-0.25, -0.2) is 4.98 Å². The molecule has 0 unspecified atom stereocenters. The highest BCUT2D eigenvalue weighted by molar-refractivity contribution is 7.22. The smallest absolute Gasteiger partial charge is 0.266 e. The maximum absolute atomic E-state index is 13.2. The van der Waals surface area contributed by atoms with Crippen LogP contribution >= 0.6 is 34.5 Å². The SMILES string of the molecule is CCOc1ccc2nc(N(CCN(CC)CC)C(=O)COc3ccc(Cl)cc3Cl)sc2c1. The van der Waals surface area contributed by atoms with Gasteiger partial charge in [-0.3, -0.25) is 9.69 Å². The third kappa shape index (κ3) is 6.25. The van der Waals surface area contributed by atoms with Crippen LogP contribution in [-0.2, 0) is 4.79 Å². The summed E-state index contributed by atoms with van der Waals surface area (Å²) in [6.45, 7) is 9.66. The molecule has 0 saturated carbocycles. The Bertz CT molecular complexity index is 1060. The van der Waals surface area contributed by atoms with E-state index in [9.17, 15) is 4.79 Å². The maximum Gasteiger partial charge on any atom is 0.266 e. The Hall–Kier alpha value is -2.06. The van der Waals surface area contributed by atoms with Crippen molar-refractivity contribution in [2.75, 3.05) is 44.3 Å². The van der Waals surface area contributed by atoms with E-state index in [4.69, 9.17) is 37.7 Å². The van der Waals surface area contributed by atoms with Gasteiger partial charge >= 0.3 is 0 Å². The van der Waals surface area contributed by atoms with Crippen LogP contribution < -0.4 is 14.4 Å². The molecule has 0 saturated heterocycles. The quantitative estimate of drug-likeness (QED) is 0.338. The standard InChI is InChI=1S/C23H27Cl2N3O3S/c1-4-27(5-2)11-12-28(22(29)15-31-20-10-7-16(24)13-18(20)25)23-26-19-9-8-17(30-6-3)14-21(19)32-23/h7-10,13-14H,4-6,11-12,15H2,1-3H3. The molecule has 1 aromatic heterocycles. The molecule has 0 N–H and O–H groups in total. The van der Waals surface area contributed by atoms with Crippen molar-refractivity contribution < 1.29 is 14.3 Å². The lowest BCUT2D eigenvalue weighted by molar-refractivity contribution is -0.120. The molecule has 6 nitrogen and oxygen atoms in total. The first-order valence-electron chi connectivity index (χ1n) is 10.6. The number of rotatable bonds is 11. The van der Waals surface area contributed by atoms with Gasteiger partial charge < -0.3 is 14.4 Å². The van der Waals surface area contributed by atoms with Crippen molar-refractivity contribution >= 4 is 55.8 Å². The summed E-state index contributed by atoms with van der Waals surface area (Å²) in [5, 5.41) is 1.51. The molecule has 1 amide bonds. The number of aromatic nitrogens is 1. The number of hydrogen-bond donors (Lipinski definition) is 0. The van der Waals surface area contributed by atoms with Crippen molar-refractivity contribution in [1.29, 1.82) is 0 Å². The van der Waals surface area contributed by atoms with Crippen molar-refractivity contribution in [1.82, 2.24) is 9.88 Å². The Kier molecular flexibility index (Phi) is 8.99. The van der Waals surface area contributed by atoms with Gasteiger partial charge in [-0.2, -0.15) is 0 Å². The van der Waals surface area contributed by atoms with Gasteiger partial charge in [0.05, 0.1) is 21.8 Å². The Morgan fingerprint density at radius 1 is 1.03 bits per heavy atom. The van der Waals surface area contributed by atoms with E-state index in [1.165, 1.54) is 11.3 Å². The van der Waals surface area contributed by atoms with Gasteiger partial charge in [-0.15, -0.1) is 0 Å². The average molecular weight is 496 g/mol. The Balaban J connectivity index is 1.82. The Morgan fingerprint density at radius 2 is 1.81 bits per heavy atom. The molecule has 0 fully saturated rings. The second kappa shape index (κ2) is 11.7. The van der Waals surface area contributed by atoms with Gasteiger partial charge in [-0.05, 0) is 56.4 Å². The number of hydrogen-bond acceptors (Lipinski definition) is 6. The van der Waals surface area contributed by atoms with Crippen LogP contribution in [0.2, 0.25) is 10.0 Å². The van der Waals surface area contributed by atoms with E-state index in [2.05, 4.69) is 18.7 Å². The first kappa shape index (κ1) is 24.6. The number of fused-ring (bicyclic) bond motifs is 1. The van der Waals surface area contributed by atoms with Gasteiger partial charge in [0, 0.05) is 18.1 Å². The van der Waals surface area contributed by atoms with Crippen LogP contribution in [0.4, 0.5) is 5.13 Å². The predicted molar refractivity (Wildman–Crippen MR) is 133 cm³/mol. The molecule has 0 radical (unpaired) electrons. The van der Waals surface area contributed by atoms with Crippen LogP contribution in [0.1, 0.15) is 20.8 Å². The van der Waals surface area contributed by atoms with Crippen molar-refractivity contribution in [2.24, 2.45) is 0 Å². The monoisotopic (exact) mass is 495 g/mol.